The van der Waals surface area contributed by atoms with Gasteiger partial charge >= 0.3 is 0 Å². The topological polar surface area (TPSA) is 58.2 Å². The Balaban J connectivity index is 2.16. The van der Waals surface area contributed by atoms with Gasteiger partial charge in [-0.2, -0.15) is 0 Å². The third kappa shape index (κ3) is 3.07. The zero-order valence-corrected chi connectivity index (χ0v) is 11.1. The average Bonchev–Trinajstić information content (AvgIpc) is 2.33. The standard InChI is InChI=1S/C12H17FN2O2S/c1-9-2-3-11(8-12(9)13)18(16,17)15-10-4-6-14-7-5-10/h2-3,8,10,14-15H,4-7H2,1H3. The lowest BCUT2D eigenvalue weighted by atomic mass is 10.1. The maximum Gasteiger partial charge on any atom is 0.240 e. The number of benzene rings is 1. The molecule has 1 aromatic carbocycles. The molecule has 0 bridgehead atoms. The van der Waals surface area contributed by atoms with Gasteiger partial charge in [0, 0.05) is 6.04 Å². The van der Waals surface area contributed by atoms with Crippen molar-refractivity contribution in [2.24, 2.45) is 0 Å². The van der Waals surface area contributed by atoms with Crippen molar-refractivity contribution in [3.63, 3.8) is 0 Å². The van der Waals surface area contributed by atoms with Crippen molar-refractivity contribution in [2.45, 2.75) is 30.7 Å². The zero-order valence-electron chi connectivity index (χ0n) is 10.2. The molecule has 1 aliphatic rings. The minimum atomic E-state index is -3.62. The van der Waals surface area contributed by atoms with Crippen LogP contribution < -0.4 is 10.0 Å². The first-order valence-electron chi connectivity index (χ1n) is 5.98. The second kappa shape index (κ2) is 5.34. The third-order valence-corrected chi connectivity index (χ3v) is 4.63. The first-order chi connectivity index (χ1) is 8.49. The van der Waals surface area contributed by atoms with Gasteiger partial charge in [-0.25, -0.2) is 17.5 Å². The molecule has 0 amide bonds. The quantitative estimate of drug-likeness (QED) is 0.868. The van der Waals surface area contributed by atoms with Gasteiger partial charge in [0.1, 0.15) is 5.82 Å². The maximum atomic E-state index is 13.4. The molecule has 100 valence electrons. The summed E-state index contributed by atoms with van der Waals surface area (Å²) in [4.78, 5) is -0.0101. The number of hydrogen-bond acceptors (Lipinski definition) is 3. The van der Waals surface area contributed by atoms with E-state index in [9.17, 15) is 12.8 Å². The predicted octanol–water partition coefficient (Wildman–Crippen LogP) is 1.16. The normalized spacial score (nSPS) is 17.9. The number of hydrogen-bond donors (Lipinski definition) is 2. The van der Waals surface area contributed by atoms with Gasteiger partial charge < -0.3 is 5.32 Å². The number of piperidine rings is 1. The summed E-state index contributed by atoms with van der Waals surface area (Å²) in [5, 5.41) is 3.16. The van der Waals surface area contributed by atoms with Crippen LogP contribution in [0.15, 0.2) is 23.1 Å². The largest absolute Gasteiger partial charge is 0.317 e. The van der Waals surface area contributed by atoms with Crippen molar-refractivity contribution in [3.8, 4) is 0 Å². The second-order valence-electron chi connectivity index (χ2n) is 4.56. The van der Waals surface area contributed by atoms with Gasteiger partial charge in [-0.15, -0.1) is 0 Å². The summed E-state index contributed by atoms with van der Waals surface area (Å²) in [5.41, 5.74) is 0.441. The minimum Gasteiger partial charge on any atom is -0.317 e. The lowest BCUT2D eigenvalue weighted by molar-refractivity contribution is 0.427. The molecule has 0 unspecified atom stereocenters. The van der Waals surface area contributed by atoms with Crippen molar-refractivity contribution >= 4 is 10.0 Å². The van der Waals surface area contributed by atoms with Crippen LogP contribution in [0.2, 0.25) is 0 Å². The van der Waals surface area contributed by atoms with Crippen LogP contribution in [0.5, 0.6) is 0 Å². The van der Waals surface area contributed by atoms with Crippen molar-refractivity contribution in [1.29, 1.82) is 0 Å². The Bertz CT molecular complexity index is 525. The molecule has 18 heavy (non-hydrogen) atoms. The summed E-state index contributed by atoms with van der Waals surface area (Å²) in [6, 6.07) is 3.91. The Hall–Kier alpha value is -0.980. The molecule has 4 nitrogen and oxygen atoms in total. The van der Waals surface area contributed by atoms with E-state index >= 15 is 0 Å². The number of rotatable bonds is 3. The molecular formula is C12H17FN2O2S. The first-order valence-corrected chi connectivity index (χ1v) is 7.46. The molecule has 6 heteroatoms. The van der Waals surface area contributed by atoms with E-state index in [1.165, 1.54) is 12.1 Å². The van der Waals surface area contributed by atoms with Crippen molar-refractivity contribution in [3.05, 3.63) is 29.6 Å². The van der Waals surface area contributed by atoms with Gasteiger partial charge in [-0.1, -0.05) is 6.07 Å². The SMILES string of the molecule is Cc1ccc(S(=O)(=O)NC2CCNCC2)cc1F. The van der Waals surface area contributed by atoms with Crippen LogP contribution >= 0.6 is 0 Å². The van der Waals surface area contributed by atoms with Crippen LogP contribution in [0.1, 0.15) is 18.4 Å². The van der Waals surface area contributed by atoms with E-state index in [0.717, 1.165) is 32.0 Å². The molecule has 0 spiro atoms. The lowest BCUT2D eigenvalue weighted by Gasteiger charge is -2.23. The number of halogens is 1. The fourth-order valence-corrected chi connectivity index (χ4v) is 3.28. The van der Waals surface area contributed by atoms with Gasteiger partial charge in [0.05, 0.1) is 4.90 Å². The lowest BCUT2D eigenvalue weighted by Crippen LogP contribution is -2.42. The van der Waals surface area contributed by atoms with Gasteiger partial charge in [-0.05, 0) is 50.6 Å². The Morgan fingerprint density at radius 1 is 1.33 bits per heavy atom. The molecule has 1 heterocycles. The molecule has 0 saturated carbocycles. The molecule has 0 atom stereocenters. The van der Waals surface area contributed by atoms with E-state index in [1.54, 1.807) is 6.92 Å². The third-order valence-electron chi connectivity index (χ3n) is 3.11. The van der Waals surface area contributed by atoms with E-state index < -0.39 is 15.8 Å². The van der Waals surface area contributed by atoms with Gasteiger partial charge in [0.2, 0.25) is 10.0 Å². The molecule has 2 N–H and O–H groups in total. The molecule has 1 aliphatic heterocycles. The van der Waals surface area contributed by atoms with E-state index in [2.05, 4.69) is 10.0 Å². The summed E-state index contributed by atoms with van der Waals surface area (Å²) >= 11 is 0. The smallest absolute Gasteiger partial charge is 0.240 e. The summed E-state index contributed by atoms with van der Waals surface area (Å²) in [6.07, 6.45) is 1.52. The van der Waals surface area contributed by atoms with Crippen molar-refractivity contribution < 1.29 is 12.8 Å². The molecular weight excluding hydrogens is 255 g/mol. The van der Waals surface area contributed by atoms with Gasteiger partial charge in [0.25, 0.3) is 0 Å². The number of aryl methyl sites for hydroxylation is 1. The second-order valence-corrected chi connectivity index (χ2v) is 6.27. The highest BCUT2D eigenvalue weighted by atomic mass is 32.2. The Morgan fingerprint density at radius 3 is 2.61 bits per heavy atom. The molecule has 0 aliphatic carbocycles. The van der Waals surface area contributed by atoms with E-state index in [0.29, 0.717) is 5.56 Å². The summed E-state index contributed by atoms with van der Waals surface area (Å²) in [7, 11) is -3.62. The van der Waals surface area contributed by atoms with Crippen LogP contribution in [-0.2, 0) is 10.0 Å². The number of nitrogens with one attached hydrogen (secondary N) is 2. The summed E-state index contributed by atoms with van der Waals surface area (Å²) in [5.74, 6) is -0.497. The van der Waals surface area contributed by atoms with E-state index in [-0.39, 0.29) is 10.9 Å². The summed E-state index contributed by atoms with van der Waals surface area (Å²) < 4.78 is 40.1. The Kier molecular flexibility index (Phi) is 3.99. The van der Waals surface area contributed by atoms with Crippen LogP contribution in [-0.4, -0.2) is 27.5 Å². The van der Waals surface area contributed by atoms with Crippen molar-refractivity contribution in [1.82, 2.24) is 10.0 Å². The Morgan fingerprint density at radius 2 is 2.00 bits per heavy atom. The molecule has 1 saturated heterocycles. The van der Waals surface area contributed by atoms with E-state index in [1.807, 2.05) is 0 Å². The number of sulfonamides is 1. The fourth-order valence-electron chi connectivity index (χ4n) is 1.97. The highest BCUT2D eigenvalue weighted by Gasteiger charge is 2.22. The molecule has 0 aromatic heterocycles. The predicted molar refractivity (Wildman–Crippen MR) is 67.4 cm³/mol. The van der Waals surface area contributed by atoms with Crippen molar-refractivity contribution in [2.75, 3.05) is 13.1 Å². The van der Waals surface area contributed by atoms with Crippen LogP contribution in [0.4, 0.5) is 4.39 Å². The minimum absolute atomic E-state index is 0.0101. The van der Waals surface area contributed by atoms with Crippen LogP contribution in [0.25, 0.3) is 0 Å². The molecule has 0 radical (unpaired) electrons. The highest BCUT2D eigenvalue weighted by molar-refractivity contribution is 7.89. The van der Waals surface area contributed by atoms with Crippen LogP contribution in [0, 0.1) is 12.7 Å². The monoisotopic (exact) mass is 272 g/mol. The fraction of sp³-hybridized carbons (Fsp3) is 0.500. The molecule has 2 rings (SSSR count). The Labute approximate surface area is 107 Å². The maximum absolute atomic E-state index is 13.4. The first kappa shape index (κ1) is 13.5. The molecule has 1 fully saturated rings. The molecule has 1 aromatic rings. The van der Waals surface area contributed by atoms with Gasteiger partial charge in [-0.3, -0.25) is 0 Å². The van der Waals surface area contributed by atoms with E-state index in [4.69, 9.17) is 0 Å². The summed E-state index contributed by atoms with van der Waals surface area (Å²) in [6.45, 7) is 3.21. The highest BCUT2D eigenvalue weighted by Crippen LogP contribution is 2.15. The average molecular weight is 272 g/mol. The van der Waals surface area contributed by atoms with Gasteiger partial charge in [0.15, 0.2) is 0 Å². The van der Waals surface area contributed by atoms with Crippen LogP contribution in [0.3, 0.4) is 0 Å². The zero-order chi connectivity index (χ0) is 13.2.